The van der Waals surface area contributed by atoms with Gasteiger partial charge >= 0.3 is 5.97 Å². The number of thiocarbonyl (C=S) groups is 1. The molecule has 1 aromatic heterocycles. The summed E-state index contributed by atoms with van der Waals surface area (Å²) in [6, 6.07) is 21.5. The van der Waals surface area contributed by atoms with Gasteiger partial charge in [-0.25, -0.2) is 4.98 Å². The number of carbonyl (C=O) groups is 2. The van der Waals surface area contributed by atoms with Crippen molar-refractivity contribution in [2.24, 2.45) is 0 Å². The lowest BCUT2D eigenvalue weighted by Gasteiger charge is -2.16. The Kier molecular flexibility index (Phi) is 7.44. The number of thioether (sulfide) groups is 1. The molecule has 3 aromatic carbocycles. The number of para-hydroxylation sites is 2. The maximum absolute atomic E-state index is 13.4. The molecule has 0 saturated carbocycles. The van der Waals surface area contributed by atoms with Crippen molar-refractivity contribution in [1.82, 2.24) is 14.5 Å². The van der Waals surface area contributed by atoms with Crippen LogP contribution in [0.1, 0.15) is 11.4 Å². The van der Waals surface area contributed by atoms with Crippen LogP contribution in [0.4, 0.5) is 0 Å². The molecule has 1 amide bonds. The highest BCUT2D eigenvalue weighted by atomic mass is 32.2. The highest BCUT2D eigenvalue weighted by Crippen LogP contribution is 2.35. The molecule has 5 rings (SSSR count). The quantitative estimate of drug-likeness (QED) is 0.250. The summed E-state index contributed by atoms with van der Waals surface area (Å²) in [5.41, 5.74) is 1.67. The summed E-state index contributed by atoms with van der Waals surface area (Å²) in [5.74, 6) is -0.380. The summed E-state index contributed by atoms with van der Waals surface area (Å²) in [6.45, 7) is -0.506. The van der Waals surface area contributed by atoms with E-state index >= 15 is 0 Å². The molecule has 11 heteroatoms. The Balaban J connectivity index is 1.44. The number of aromatic nitrogens is 2. The van der Waals surface area contributed by atoms with E-state index in [0.29, 0.717) is 44.4 Å². The van der Waals surface area contributed by atoms with Gasteiger partial charge in [-0.2, -0.15) is 0 Å². The summed E-state index contributed by atoms with van der Waals surface area (Å²) in [6.07, 6.45) is 1.62. The van der Waals surface area contributed by atoms with Crippen molar-refractivity contribution < 1.29 is 24.2 Å². The molecule has 0 bridgehead atoms. The van der Waals surface area contributed by atoms with E-state index in [-0.39, 0.29) is 16.5 Å². The lowest BCUT2D eigenvalue weighted by Crippen LogP contribution is -2.33. The van der Waals surface area contributed by atoms with Crippen molar-refractivity contribution in [3.8, 4) is 17.2 Å². The van der Waals surface area contributed by atoms with Gasteiger partial charge in [-0.15, -0.1) is 0 Å². The standard InChI is InChI=1S/C28H21N3O6S2/c1-36-22-13-17(14-23-27(35)30(15-25(32)33)28(38)39-23)11-12-21(22)37-16-24-29-20-10-6-5-9-19(20)26(34)31(24)18-7-3-2-4-8-18/h2-14H,15-16H2,1H3,(H,32,33)/b23-14+. The van der Waals surface area contributed by atoms with Crippen LogP contribution in [-0.2, 0) is 16.2 Å². The first-order valence-electron chi connectivity index (χ1n) is 11.7. The van der Waals surface area contributed by atoms with E-state index in [2.05, 4.69) is 0 Å². The number of carboxylic acid groups (broad SMARTS) is 1. The first-order valence-corrected chi connectivity index (χ1v) is 12.9. The van der Waals surface area contributed by atoms with E-state index in [4.69, 9.17) is 31.8 Å². The topological polar surface area (TPSA) is 111 Å². The van der Waals surface area contributed by atoms with Crippen LogP contribution in [0.2, 0.25) is 0 Å². The van der Waals surface area contributed by atoms with Gasteiger partial charge < -0.3 is 14.6 Å². The SMILES string of the molecule is COc1cc(/C=C2/SC(=S)N(CC(=O)O)C2=O)ccc1OCc1nc2ccccc2c(=O)n1-c1ccccc1. The van der Waals surface area contributed by atoms with Crippen LogP contribution in [0.5, 0.6) is 11.5 Å². The van der Waals surface area contributed by atoms with E-state index in [0.717, 1.165) is 16.7 Å². The first kappa shape index (κ1) is 26.1. The van der Waals surface area contributed by atoms with Crippen molar-refractivity contribution in [2.75, 3.05) is 13.7 Å². The van der Waals surface area contributed by atoms with Crippen LogP contribution in [-0.4, -0.2) is 49.4 Å². The van der Waals surface area contributed by atoms with Crippen LogP contribution in [0.25, 0.3) is 22.7 Å². The minimum Gasteiger partial charge on any atom is -0.493 e. The van der Waals surface area contributed by atoms with Crippen molar-refractivity contribution >= 4 is 57.2 Å². The van der Waals surface area contributed by atoms with Gasteiger partial charge in [-0.1, -0.05) is 60.4 Å². The summed E-state index contributed by atoms with van der Waals surface area (Å²) >= 11 is 6.19. The van der Waals surface area contributed by atoms with Crippen LogP contribution in [0, 0.1) is 0 Å². The lowest BCUT2D eigenvalue weighted by atomic mass is 10.2. The Morgan fingerprint density at radius 1 is 1.05 bits per heavy atom. The molecule has 0 atom stereocenters. The monoisotopic (exact) mass is 559 g/mol. The van der Waals surface area contributed by atoms with Gasteiger partial charge in [-0.05, 0) is 48.0 Å². The second-order valence-corrected chi connectivity index (χ2v) is 10.1. The summed E-state index contributed by atoms with van der Waals surface area (Å²) in [7, 11) is 1.49. The maximum Gasteiger partial charge on any atom is 0.323 e. The zero-order valence-electron chi connectivity index (χ0n) is 20.6. The van der Waals surface area contributed by atoms with Gasteiger partial charge in [0.15, 0.2) is 17.3 Å². The van der Waals surface area contributed by atoms with E-state index in [1.165, 1.54) is 11.7 Å². The van der Waals surface area contributed by atoms with Crippen LogP contribution in [0.15, 0.2) is 82.5 Å². The van der Waals surface area contributed by atoms with Crippen LogP contribution < -0.4 is 15.0 Å². The highest BCUT2D eigenvalue weighted by molar-refractivity contribution is 8.26. The fraction of sp³-hybridized carbons (Fsp3) is 0.107. The number of rotatable bonds is 8. The van der Waals surface area contributed by atoms with E-state index < -0.39 is 18.4 Å². The Labute approximate surface area is 232 Å². The molecule has 4 aromatic rings. The van der Waals surface area contributed by atoms with Crippen LogP contribution in [0.3, 0.4) is 0 Å². The fourth-order valence-electron chi connectivity index (χ4n) is 4.08. The molecule has 0 radical (unpaired) electrons. The lowest BCUT2D eigenvalue weighted by molar-refractivity contribution is -0.140. The van der Waals surface area contributed by atoms with Crippen molar-refractivity contribution in [3.63, 3.8) is 0 Å². The molecule has 196 valence electrons. The van der Waals surface area contributed by atoms with Gasteiger partial charge in [0.2, 0.25) is 0 Å². The average Bonchev–Trinajstić information content (AvgIpc) is 3.19. The van der Waals surface area contributed by atoms with Gasteiger partial charge in [0.05, 0.1) is 28.6 Å². The number of aliphatic carboxylic acids is 1. The number of carbonyl (C=O) groups excluding carboxylic acids is 1. The number of carboxylic acids is 1. The number of benzene rings is 3. The minimum atomic E-state index is -1.14. The number of amides is 1. The zero-order chi connectivity index (χ0) is 27.5. The third kappa shape index (κ3) is 5.40. The smallest absolute Gasteiger partial charge is 0.323 e. The maximum atomic E-state index is 13.4. The highest BCUT2D eigenvalue weighted by Gasteiger charge is 2.33. The number of hydrogen-bond donors (Lipinski definition) is 1. The Morgan fingerprint density at radius 2 is 1.79 bits per heavy atom. The van der Waals surface area contributed by atoms with Gasteiger partial charge in [-0.3, -0.25) is 23.9 Å². The predicted molar refractivity (Wildman–Crippen MR) is 152 cm³/mol. The number of hydrogen-bond acceptors (Lipinski definition) is 8. The molecule has 9 nitrogen and oxygen atoms in total. The van der Waals surface area contributed by atoms with Gasteiger partial charge in [0, 0.05) is 0 Å². The summed E-state index contributed by atoms with van der Waals surface area (Å²) in [5, 5.41) is 9.53. The Hall–Kier alpha value is -4.48. The summed E-state index contributed by atoms with van der Waals surface area (Å²) < 4.78 is 13.3. The van der Waals surface area contributed by atoms with E-state index in [1.807, 2.05) is 36.4 Å². The van der Waals surface area contributed by atoms with Crippen molar-refractivity contribution in [3.05, 3.63) is 99.4 Å². The number of nitrogens with zero attached hydrogens (tertiary/aromatic N) is 3. The molecule has 1 fully saturated rings. The molecule has 1 N–H and O–H groups in total. The third-order valence-electron chi connectivity index (χ3n) is 5.87. The minimum absolute atomic E-state index is 0.0154. The first-order chi connectivity index (χ1) is 18.9. The number of ether oxygens (including phenoxy) is 2. The number of methoxy groups -OCH3 is 1. The Morgan fingerprint density at radius 3 is 2.54 bits per heavy atom. The largest absolute Gasteiger partial charge is 0.493 e. The van der Waals surface area contributed by atoms with Crippen molar-refractivity contribution in [2.45, 2.75) is 6.61 Å². The fourth-order valence-corrected chi connectivity index (χ4v) is 5.33. The zero-order valence-corrected chi connectivity index (χ0v) is 22.2. The molecule has 2 heterocycles. The second-order valence-electron chi connectivity index (χ2n) is 8.38. The van der Waals surface area contributed by atoms with Crippen molar-refractivity contribution in [1.29, 1.82) is 0 Å². The normalized spacial score (nSPS) is 14.3. The molecule has 0 unspecified atom stereocenters. The molecule has 1 saturated heterocycles. The third-order valence-corrected chi connectivity index (χ3v) is 7.25. The van der Waals surface area contributed by atoms with Crippen LogP contribution >= 0.6 is 24.0 Å². The second kappa shape index (κ2) is 11.1. The van der Waals surface area contributed by atoms with Gasteiger partial charge in [0.25, 0.3) is 11.5 Å². The molecule has 0 spiro atoms. The predicted octanol–water partition coefficient (Wildman–Crippen LogP) is 4.26. The number of fused-ring (bicyclic) bond motifs is 1. The Bertz CT molecular complexity index is 1700. The molecule has 39 heavy (non-hydrogen) atoms. The van der Waals surface area contributed by atoms with Gasteiger partial charge in [0.1, 0.15) is 17.5 Å². The summed E-state index contributed by atoms with van der Waals surface area (Å²) in [4.78, 5) is 43.1. The van der Waals surface area contributed by atoms with E-state index in [9.17, 15) is 14.4 Å². The average molecular weight is 560 g/mol. The van der Waals surface area contributed by atoms with E-state index in [1.54, 1.807) is 42.5 Å². The molecule has 1 aliphatic heterocycles. The molecular weight excluding hydrogens is 538 g/mol. The molecule has 1 aliphatic rings. The molecule has 0 aliphatic carbocycles. The molecular formula is C28H21N3O6S2.